The number of aromatic nitrogens is 5. The molecule has 25 heavy (non-hydrogen) atoms. The van der Waals surface area contributed by atoms with Crippen molar-refractivity contribution in [2.45, 2.75) is 25.8 Å². The van der Waals surface area contributed by atoms with Crippen molar-refractivity contribution < 1.29 is 4.52 Å². The molecule has 128 valence electrons. The van der Waals surface area contributed by atoms with Crippen molar-refractivity contribution in [1.29, 1.82) is 0 Å². The van der Waals surface area contributed by atoms with E-state index in [9.17, 15) is 4.79 Å². The van der Waals surface area contributed by atoms with Crippen LogP contribution in [0, 0.1) is 0 Å². The zero-order valence-electron chi connectivity index (χ0n) is 13.7. The molecule has 0 aliphatic carbocycles. The summed E-state index contributed by atoms with van der Waals surface area (Å²) in [6.45, 7) is 2.10. The highest BCUT2D eigenvalue weighted by molar-refractivity contribution is 5.51. The average molecular weight is 338 g/mol. The van der Waals surface area contributed by atoms with Crippen LogP contribution in [0.15, 0.2) is 46.1 Å². The van der Waals surface area contributed by atoms with E-state index in [4.69, 9.17) is 4.52 Å². The molecule has 0 saturated carbocycles. The fourth-order valence-corrected chi connectivity index (χ4v) is 2.93. The second-order valence-electron chi connectivity index (χ2n) is 6.01. The molecule has 1 aliphatic heterocycles. The van der Waals surface area contributed by atoms with E-state index in [-0.39, 0.29) is 12.1 Å². The number of pyridine rings is 1. The lowest BCUT2D eigenvalue weighted by Gasteiger charge is -2.28. The molecule has 0 aromatic carbocycles. The highest BCUT2D eigenvalue weighted by atomic mass is 16.5. The van der Waals surface area contributed by atoms with Gasteiger partial charge in [-0.1, -0.05) is 5.16 Å². The minimum atomic E-state index is -0.177. The molecule has 1 aliphatic rings. The van der Waals surface area contributed by atoms with E-state index in [1.807, 2.05) is 6.07 Å². The van der Waals surface area contributed by atoms with Gasteiger partial charge in [-0.25, -0.2) is 4.68 Å². The molecule has 0 atom stereocenters. The Hall–Kier alpha value is -3.03. The van der Waals surface area contributed by atoms with Gasteiger partial charge in [-0.3, -0.25) is 9.78 Å². The SMILES string of the molecule is O=c1cc(N2CCCCC2)cnn1Cc1nc(-c2cccnc2)no1. The van der Waals surface area contributed by atoms with Crippen LogP contribution in [-0.4, -0.2) is 38.0 Å². The molecule has 0 spiro atoms. The summed E-state index contributed by atoms with van der Waals surface area (Å²) in [5, 5.41) is 8.18. The Morgan fingerprint density at radius 2 is 2.04 bits per heavy atom. The first-order chi connectivity index (χ1) is 12.3. The highest BCUT2D eigenvalue weighted by Gasteiger charge is 2.14. The van der Waals surface area contributed by atoms with E-state index in [1.54, 1.807) is 30.7 Å². The van der Waals surface area contributed by atoms with Gasteiger partial charge in [0.25, 0.3) is 5.56 Å². The molecular weight excluding hydrogens is 320 g/mol. The van der Waals surface area contributed by atoms with Crippen LogP contribution in [0.1, 0.15) is 25.2 Å². The third-order valence-electron chi connectivity index (χ3n) is 4.25. The summed E-state index contributed by atoms with van der Waals surface area (Å²) in [7, 11) is 0. The van der Waals surface area contributed by atoms with Crippen LogP contribution >= 0.6 is 0 Å². The summed E-state index contributed by atoms with van der Waals surface area (Å²) in [4.78, 5) is 22.9. The van der Waals surface area contributed by atoms with E-state index < -0.39 is 0 Å². The van der Waals surface area contributed by atoms with Crippen LogP contribution in [0.25, 0.3) is 11.4 Å². The van der Waals surface area contributed by atoms with Gasteiger partial charge < -0.3 is 9.42 Å². The van der Waals surface area contributed by atoms with Gasteiger partial charge in [0.2, 0.25) is 11.7 Å². The molecule has 0 N–H and O–H groups in total. The van der Waals surface area contributed by atoms with E-state index in [1.165, 1.54) is 11.1 Å². The lowest BCUT2D eigenvalue weighted by molar-refractivity contribution is 0.363. The minimum Gasteiger partial charge on any atom is -0.370 e. The van der Waals surface area contributed by atoms with Gasteiger partial charge in [0, 0.05) is 37.1 Å². The van der Waals surface area contributed by atoms with Crippen molar-refractivity contribution in [1.82, 2.24) is 24.9 Å². The maximum atomic E-state index is 12.3. The molecule has 3 aromatic rings. The summed E-state index contributed by atoms with van der Waals surface area (Å²) in [5.41, 5.74) is 1.46. The second-order valence-corrected chi connectivity index (χ2v) is 6.01. The first-order valence-corrected chi connectivity index (χ1v) is 8.35. The lowest BCUT2D eigenvalue weighted by Crippen LogP contribution is -2.32. The third kappa shape index (κ3) is 3.42. The topological polar surface area (TPSA) is 89.9 Å². The minimum absolute atomic E-state index is 0.145. The summed E-state index contributed by atoms with van der Waals surface area (Å²) in [6.07, 6.45) is 8.62. The maximum absolute atomic E-state index is 12.3. The van der Waals surface area contributed by atoms with Crippen molar-refractivity contribution >= 4 is 5.69 Å². The molecular formula is C17H18N6O2. The monoisotopic (exact) mass is 338 g/mol. The predicted octanol–water partition coefficient (Wildman–Crippen LogP) is 1.73. The molecule has 0 bridgehead atoms. The first-order valence-electron chi connectivity index (χ1n) is 8.35. The Morgan fingerprint density at radius 1 is 1.16 bits per heavy atom. The molecule has 8 heteroatoms. The van der Waals surface area contributed by atoms with Crippen molar-refractivity contribution in [3.63, 3.8) is 0 Å². The van der Waals surface area contributed by atoms with Crippen LogP contribution in [-0.2, 0) is 6.54 Å². The second kappa shape index (κ2) is 6.84. The first kappa shape index (κ1) is 15.5. The predicted molar refractivity (Wildman–Crippen MR) is 91.2 cm³/mol. The molecule has 1 saturated heterocycles. The van der Waals surface area contributed by atoms with Crippen molar-refractivity contribution in [3.05, 3.63) is 53.0 Å². The Morgan fingerprint density at radius 3 is 2.80 bits per heavy atom. The van der Waals surface area contributed by atoms with Crippen LogP contribution in [0.4, 0.5) is 5.69 Å². The van der Waals surface area contributed by atoms with Gasteiger partial charge >= 0.3 is 0 Å². The largest absolute Gasteiger partial charge is 0.370 e. The quantitative estimate of drug-likeness (QED) is 0.715. The molecule has 4 heterocycles. The summed E-state index contributed by atoms with van der Waals surface area (Å²) < 4.78 is 6.55. The molecule has 0 unspecified atom stereocenters. The summed E-state index contributed by atoms with van der Waals surface area (Å²) >= 11 is 0. The number of nitrogens with zero attached hydrogens (tertiary/aromatic N) is 6. The van der Waals surface area contributed by atoms with Gasteiger partial charge in [0.1, 0.15) is 6.54 Å². The Kier molecular flexibility index (Phi) is 4.24. The van der Waals surface area contributed by atoms with Crippen LogP contribution in [0.3, 0.4) is 0 Å². The molecule has 8 nitrogen and oxygen atoms in total. The standard InChI is InChI=1S/C17H18N6O2/c24-16-9-14(22-7-2-1-3-8-22)11-19-23(16)12-15-20-17(21-25-15)13-5-4-6-18-10-13/h4-6,9-11H,1-3,7-8,12H2. The third-order valence-corrected chi connectivity index (χ3v) is 4.25. The Labute approximate surface area is 144 Å². The smallest absolute Gasteiger partial charge is 0.269 e. The Bertz CT molecular complexity index is 899. The molecule has 0 radical (unpaired) electrons. The zero-order valence-corrected chi connectivity index (χ0v) is 13.7. The summed E-state index contributed by atoms with van der Waals surface area (Å²) in [5.74, 6) is 0.778. The molecule has 0 amide bonds. The van der Waals surface area contributed by atoms with Crippen LogP contribution < -0.4 is 10.5 Å². The molecule has 3 aromatic heterocycles. The van der Waals surface area contributed by atoms with Crippen molar-refractivity contribution in [2.24, 2.45) is 0 Å². The number of hydrogen-bond acceptors (Lipinski definition) is 7. The number of anilines is 1. The van der Waals surface area contributed by atoms with Gasteiger partial charge in [0.05, 0.1) is 11.9 Å². The zero-order chi connectivity index (χ0) is 17.1. The van der Waals surface area contributed by atoms with Crippen molar-refractivity contribution in [3.8, 4) is 11.4 Å². The van der Waals surface area contributed by atoms with Gasteiger partial charge in [0.15, 0.2) is 0 Å². The Balaban J connectivity index is 1.51. The van der Waals surface area contributed by atoms with Gasteiger partial charge in [-0.2, -0.15) is 10.1 Å². The number of hydrogen-bond donors (Lipinski definition) is 0. The van der Waals surface area contributed by atoms with E-state index in [0.29, 0.717) is 11.7 Å². The number of piperidine rings is 1. The maximum Gasteiger partial charge on any atom is 0.269 e. The molecule has 4 rings (SSSR count). The lowest BCUT2D eigenvalue weighted by atomic mass is 10.1. The van der Waals surface area contributed by atoms with Gasteiger partial charge in [-0.05, 0) is 31.4 Å². The fraction of sp³-hybridized carbons (Fsp3) is 0.353. The van der Waals surface area contributed by atoms with Crippen LogP contribution in [0.2, 0.25) is 0 Å². The number of rotatable bonds is 4. The summed E-state index contributed by atoms with van der Waals surface area (Å²) in [6, 6.07) is 5.27. The normalized spacial score (nSPS) is 14.6. The van der Waals surface area contributed by atoms with E-state index in [2.05, 4.69) is 25.1 Å². The van der Waals surface area contributed by atoms with E-state index in [0.717, 1.165) is 37.2 Å². The van der Waals surface area contributed by atoms with Gasteiger partial charge in [-0.15, -0.1) is 0 Å². The fourth-order valence-electron chi connectivity index (χ4n) is 2.93. The van der Waals surface area contributed by atoms with Crippen LogP contribution in [0.5, 0.6) is 0 Å². The average Bonchev–Trinajstić information content (AvgIpc) is 3.13. The van der Waals surface area contributed by atoms with Crippen molar-refractivity contribution in [2.75, 3.05) is 18.0 Å². The highest BCUT2D eigenvalue weighted by Crippen LogP contribution is 2.17. The van der Waals surface area contributed by atoms with E-state index >= 15 is 0 Å². The molecule has 1 fully saturated rings.